The van der Waals surface area contributed by atoms with E-state index >= 15 is 0 Å². The number of pyridine rings is 1. The van der Waals surface area contributed by atoms with Crippen LogP contribution in [0.1, 0.15) is 0 Å². The van der Waals surface area contributed by atoms with Crippen LogP contribution in [0.4, 0.5) is 11.5 Å². The molecule has 0 amide bonds. The number of anilines is 2. The molecule has 3 aromatic heterocycles. The van der Waals surface area contributed by atoms with Gasteiger partial charge >= 0.3 is 0 Å². The first-order valence-electron chi connectivity index (χ1n) is 6.56. The van der Waals surface area contributed by atoms with Gasteiger partial charge in [0.1, 0.15) is 11.5 Å². The number of nitrogens with zero attached hydrogens (tertiary/aromatic N) is 4. The fourth-order valence-electron chi connectivity index (χ4n) is 2.32. The molecule has 21 heavy (non-hydrogen) atoms. The summed E-state index contributed by atoms with van der Waals surface area (Å²) < 4.78 is 2.07. The van der Waals surface area contributed by atoms with Crippen LogP contribution in [0.5, 0.6) is 0 Å². The van der Waals surface area contributed by atoms with Crippen molar-refractivity contribution in [2.75, 3.05) is 5.32 Å². The van der Waals surface area contributed by atoms with Crippen molar-refractivity contribution in [3.05, 3.63) is 61.1 Å². The zero-order valence-electron chi connectivity index (χ0n) is 11.1. The standard InChI is InChI=1S/C15H12N6/c1-2-7-21-13(9-16-15(21)6-1)11-4-3-5-12(8-11)18-14-10-17-20-19-14/h1-10H,(H2,17,18,19,20). The van der Waals surface area contributed by atoms with Crippen LogP contribution < -0.4 is 5.32 Å². The van der Waals surface area contributed by atoms with Crippen molar-refractivity contribution in [3.8, 4) is 11.3 Å². The third-order valence-electron chi connectivity index (χ3n) is 3.27. The first-order valence-corrected chi connectivity index (χ1v) is 6.56. The highest BCUT2D eigenvalue weighted by molar-refractivity contribution is 5.69. The first-order chi connectivity index (χ1) is 10.4. The Morgan fingerprint density at radius 1 is 1.05 bits per heavy atom. The van der Waals surface area contributed by atoms with E-state index in [2.05, 4.69) is 42.2 Å². The van der Waals surface area contributed by atoms with E-state index in [4.69, 9.17) is 0 Å². The van der Waals surface area contributed by atoms with E-state index in [1.54, 1.807) is 6.20 Å². The number of hydrogen-bond donors (Lipinski definition) is 2. The fraction of sp³-hybridized carbons (Fsp3) is 0. The van der Waals surface area contributed by atoms with Gasteiger partial charge in [-0.05, 0) is 24.3 Å². The average Bonchev–Trinajstić information content (AvgIpc) is 3.16. The molecule has 4 aromatic rings. The van der Waals surface area contributed by atoms with Crippen LogP contribution in [0.15, 0.2) is 61.1 Å². The van der Waals surface area contributed by atoms with Crippen molar-refractivity contribution in [3.63, 3.8) is 0 Å². The summed E-state index contributed by atoms with van der Waals surface area (Å²) in [4.78, 5) is 4.42. The molecule has 0 aliphatic carbocycles. The Morgan fingerprint density at radius 3 is 2.95 bits per heavy atom. The largest absolute Gasteiger partial charge is 0.339 e. The summed E-state index contributed by atoms with van der Waals surface area (Å²) >= 11 is 0. The number of aromatic nitrogens is 5. The zero-order valence-corrected chi connectivity index (χ0v) is 11.1. The Morgan fingerprint density at radius 2 is 2.05 bits per heavy atom. The molecule has 0 aliphatic heterocycles. The summed E-state index contributed by atoms with van der Waals surface area (Å²) in [6, 6.07) is 14.1. The maximum atomic E-state index is 4.42. The smallest absolute Gasteiger partial charge is 0.146 e. The predicted octanol–water partition coefficient (Wildman–Crippen LogP) is 2.86. The Labute approximate surface area is 120 Å². The number of imidazole rings is 1. The molecule has 102 valence electrons. The summed E-state index contributed by atoms with van der Waals surface area (Å²) in [6.45, 7) is 0. The third-order valence-corrected chi connectivity index (χ3v) is 3.27. The van der Waals surface area contributed by atoms with E-state index < -0.39 is 0 Å². The Balaban J connectivity index is 1.75. The Kier molecular flexibility index (Phi) is 2.64. The molecule has 2 N–H and O–H groups in total. The highest BCUT2D eigenvalue weighted by Gasteiger charge is 2.06. The van der Waals surface area contributed by atoms with Gasteiger partial charge in [-0.1, -0.05) is 23.4 Å². The number of fused-ring (bicyclic) bond motifs is 1. The van der Waals surface area contributed by atoms with Gasteiger partial charge in [0.2, 0.25) is 0 Å². The molecule has 3 heterocycles. The molecular formula is C15H12N6. The van der Waals surface area contributed by atoms with Gasteiger partial charge in [-0.25, -0.2) is 10.1 Å². The number of rotatable bonds is 3. The topological polar surface area (TPSA) is 70.9 Å². The number of benzene rings is 1. The second-order valence-electron chi connectivity index (χ2n) is 4.65. The van der Waals surface area contributed by atoms with Gasteiger partial charge < -0.3 is 5.32 Å². The van der Waals surface area contributed by atoms with Crippen LogP contribution in [0.25, 0.3) is 16.9 Å². The van der Waals surface area contributed by atoms with Crippen LogP contribution in [-0.4, -0.2) is 24.8 Å². The number of hydrogen-bond acceptors (Lipinski definition) is 4. The quantitative estimate of drug-likeness (QED) is 0.603. The number of aromatic amines is 1. The van der Waals surface area contributed by atoms with Gasteiger partial charge in [0, 0.05) is 17.4 Å². The first kappa shape index (κ1) is 11.7. The molecular weight excluding hydrogens is 264 g/mol. The summed E-state index contributed by atoms with van der Waals surface area (Å²) in [7, 11) is 0. The molecule has 0 radical (unpaired) electrons. The maximum Gasteiger partial charge on any atom is 0.146 e. The maximum absolute atomic E-state index is 4.42. The molecule has 4 rings (SSSR count). The van der Waals surface area contributed by atoms with Crippen LogP contribution in [0.2, 0.25) is 0 Å². The van der Waals surface area contributed by atoms with E-state index in [-0.39, 0.29) is 0 Å². The molecule has 6 heteroatoms. The molecule has 0 atom stereocenters. The lowest BCUT2D eigenvalue weighted by Gasteiger charge is -2.06. The van der Waals surface area contributed by atoms with Crippen molar-refractivity contribution in [1.29, 1.82) is 0 Å². The van der Waals surface area contributed by atoms with E-state index in [0.29, 0.717) is 0 Å². The normalized spacial score (nSPS) is 10.9. The van der Waals surface area contributed by atoms with Crippen molar-refractivity contribution < 1.29 is 0 Å². The molecule has 1 aromatic carbocycles. The van der Waals surface area contributed by atoms with Gasteiger partial charge in [0.15, 0.2) is 0 Å². The van der Waals surface area contributed by atoms with Crippen LogP contribution in [0.3, 0.4) is 0 Å². The minimum Gasteiger partial charge on any atom is -0.339 e. The molecule has 0 unspecified atom stereocenters. The Hall–Kier alpha value is -3.15. The van der Waals surface area contributed by atoms with Gasteiger partial charge in [0.25, 0.3) is 0 Å². The molecule has 0 saturated carbocycles. The highest BCUT2D eigenvalue weighted by Crippen LogP contribution is 2.24. The summed E-state index contributed by atoms with van der Waals surface area (Å²) in [5, 5.41) is 13.4. The van der Waals surface area contributed by atoms with E-state index in [1.165, 1.54) is 0 Å². The summed E-state index contributed by atoms with van der Waals surface area (Å²) in [6.07, 6.45) is 5.53. The van der Waals surface area contributed by atoms with E-state index in [1.807, 2.05) is 42.7 Å². The minimum absolute atomic E-state index is 0.755. The summed E-state index contributed by atoms with van der Waals surface area (Å²) in [5.41, 5.74) is 4.04. The summed E-state index contributed by atoms with van der Waals surface area (Å²) in [5.74, 6) is 0.755. The van der Waals surface area contributed by atoms with E-state index in [0.717, 1.165) is 28.4 Å². The lowest BCUT2D eigenvalue weighted by molar-refractivity contribution is 0.942. The number of nitrogens with one attached hydrogen (secondary N) is 2. The highest BCUT2D eigenvalue weighted by atomic mass is 15.3. The molecule has 0 fully saturated rings. The van der Waals surface area contributed by atoms with Gasteiger partial charge in [-0.3, -0.25) is 4.40 Å². The van der Waals surface area contributed by atoms with Crippen molar-refractivity contribution in [2.45, 2.75) is 0 Å². The second-order valence-corrected chi connectivity index (χ2v) is 4.65. The minimum atomic E-state index is 0.755. The molecule has 0 aliphatic rings. The average molecular weight is 276 g/mol. The Bertz CT molecular complexity index is 878. The van der Waals surface area contributed by atoms with Crippen molar-refractivity contribution in [2.24, 2.45) is 0 Å². The third kappa shape index (κ3) is 2.12. The van der Waals surface area contributed by atoms with Crippen LogP contribution >= 0.6 is 0 Å². The molecule has 0 spiro atoms. The number of H-pyrrole nitrogens is 1. The molecule has 0 saturated heterocycles. The SMILES string of the molecule is c1cc(Nc2cnn[nH]2)cc(-c2cnc3ccccn23)c1. The lowest BCUT2D eigenvalue weighted by Crippen LogP contribution is -1.92. The fourth-order valence-corrected chi connectivity index (χ4v) is 2.32. The van der Waals surface area contributed by atoms with Crippen LogP contribution in [-0.2, 0) is 0 Å². The molecule has 6 nitrogen and oxygen atoms in total. The van der Waals surface area contributed by atoms with E-state index in [9.17, 15) is 0 Å². The second kappa shape index (κ2) is 4.75. The monoisotopic (exact) mass is 276 g/mol. The van der Waals surface area contributed by atoms with Gasteiger partial charge in [0.05, 0.1) is 18.1 Å². The van der Waals surface area contributed by atoms with Crippen molar-refractivity contribution in [1.82, 2.24) is 24.8 Å². The predicted molar refractivity (Wildman–Crippen MR) is 80.3 cm³/mol. The van der Waals surface area contributed by atoms with Crippen LogP contribution in [0, 0.1) is 0 Å². The van der Waals surface area contributed by atoms with Gasteiger partial charge in [-0.15, -0.1) is 5.10 Å². The van der Waals surface area contributed by atoms with Gasteiger partial charge in [-0.2, -0.15) is 0 Å². The molecule has 0 bridgehead atoms. The lowest BCUT2D eigenvalue weighted by atomic mass is 10.1. The van der Waals surface area contributed by atoms with Crippen molar-refractivity contribution >= 4 is 17.2 Å². The zero-order chi connectivity index (χ0) is 14.1.